The molecule has 0 amide bonds. The predicted octanol–water partition coefficient (Wildman–Crippen LogP) is 3.61. The van der Waals surface area contributed by atoms with Gasteiger partial charge >= 0.3 is 0 Å². The van der Waals surface area contributed by atoms with Crippen LogP contribution in [0.3, 0.4) is 0 Å². The Balaban J connectivity index is 2.01. The lowest BCUT2D eigenvalue weighted by Gasteiger charge is -2.27. The molecule has 1 N–H and O–H groups in total. The van der Waals surface area contributed by atoms with Crippen LogP contribution < -0.4 is 5.32 Å². The zero-order chi connectivity index (χ0) is 11.4. The van der Waals surface area contributed by atoms with Gasteiger partial charge in [-0.15, -0.1) is 0 Å². The molecular formula is C14H21NS. The van der Waals surface area contributed by atoms with Gasteiger partial charge < -0.3 is 5.32 Å². The van der Waals surface area contributed by atoms with Gasteiger partial charge in [0.1, 0.15) is 0 Å². The third-order valence-corrected chi connectivity index (χ3v) is 4.47. The molecule has 0 radical (unpaired) electrons. The maximum absolute atomic E-state index is 3.71. The number of nitrogens with one attached hydrogen (secondary N) is 1. The van der Waals surface area contributed by atoms with Gasteiger partial charge in [-0.25, -0.2) is 0 Å². The molecule has 0 spiro atoms. The van der Waals surface area contributed by atoms with Crippen molar-refractivity contribution in [1.82, 2.24) is 5.32 Å². The summed E-state index contributed by atoms with van der Waals surface area (Å²) in [5.74, 6) is 3.17. The van der Waals surface area contributed by atoms with E-state index >= 15 is 0 Å². The van der Waals surface area contributed by atoms with Crippen molar-refractivity contribution in [2.45, 2.75) is 32.1 Å². The number of benzene rings is 1. The Bertz CT molecular complexity index is 337. The quantitative estimate of drug-likeness (QED) is 0.855. The highest BCUT2D eigenvalue weighted by Gasteiger charge is 2.19. The summed E-state index contributed by atoms with van der Waals surface area (Å²) in [5.41, 5.74) is 3.03. The van der Waals surface area contributed by atoms with Crippen LogP contribution in [0.4, 0.5) is 0 Å². The number of rotatable bonds is 4. The maximum atomic E-state index is 3.71. The summed E-state index contributed by atoms with van der Waals surface area (Å²) in [6.07, 6.45) is 1.26. The van der Waals surface area contributed by atoms with Gasteiger partial charge in [0.25, 0.3) is 0 Å². The monoisotopic (exact) mass is 235 g/mol. The number of hydrogen-bond donors (Lipinski definition) is 1. The van der Waals surface area contributed by atoms with Gasteiger partial charge in [0.05, 0.1) is 0 Å². The molecule has 1 aromatic carbocycles. The average molecular weight is 235 g/mol. The number of hydrogen-bond acceptors (Lipinski definition) is 2. The summed E-state index contributed by atoms with van der Waals surface area (Å²) >= 11 is 2.04. The molecule has 1 nitrogen and oxygen atoms in total. The fourth-order valence-electron chi connectivity index (χ4n) is 2.04. The van der Waals surface area contributed by atoms with E-state index in [1.54, 1.807) is 0 Å². The smallest absolute Gasteiger partial charge is 0.0415 e. The summed E-state index contributed by atoms with van der Waals surface area (Å²) in [6.45, 7) is 5.71. The van der Waals surface area contributed by atoms with Gasteiger partial charge in [0, 0.05) is 17.5 Å². The molecule has 2 heteroatoms. The molecule has 0 aromatic heterocycles. The molecule has 0 saturated heterocycles. The van der Waals surface area contributed by atoms with Gasteiger partial charge in [-0.2, -0.15) is 11.8 Å². The van der Waals surface area contributed by atoms with Crippen molar-refractivity contribution in [3.05, 3.63) is 35.4 Å². The fraction of sp³-hybridized carbons (Fsp3) is 0.571. The minimum Gasteiger partial charge on any atom is -0.309 e. The second-order valence-electron chi connectivity index (χ2n) is 4.69. The first-order valence-corrected chi connectivity index (χ1v) is 7.35. The third kappa shape index (κ3) is 2.80. The SMILES string of the molecule is CCC(C)CNC1CSCc2ccccc21. The highest BCUT2D eigenvalue weighted by molar-refractivity contribution is 7.98. The molecule has 2 atom stereocenters. The highest BCUT2D eigenvalue weighted by atomic mass is 32.2. The van der Waals surface area contributed by atoms with E-state index in [-0.39, 0.29) is 0 Å². The van der Waals surface area contributed by atoms with E-state index in [1.807, 2.05) is 11.8 Å². The third-order valence-electron chi connectivity index (χ3n) is 3.38. The van der Waals surface area contributed by atoms with E-state index in [0.29, 0.717) is 6.04 Å². The Labute approximate surface area is 103 Å². The summed E-state index contributed by atoms with van der Waals surface area (Å²) in [4.78, 5) is 0. The van der Waals surface area contributed by atoms with Crippen LogP contribution in [0.15, 0.2) is 24.3 Å². The van der Waals surface area contributed by atoms with Crippen molar-refractivity contribution < 1.29 is 0 Å². The number of fused-ring (bicyclic) bond motifs is 1. The van der Waals surface area contributed by atoms with E-state index in [0.717, 1.165) is 12.5 Å². The van der Waals surface area contributed by atoms with Crippen molar-refractivity contribution >= 4 is 11.8 Å². The molecule has 2 unspecified atom stereocenters. The molecular weight excluding hydrogens is 214 g/mol. The van der Waals surface area contributed by atoms with E-state index in [2.05, 4.69) is 43.4 Å². The molecule has 1 heterocycles. The van der Waals surface area contributed by atoms with Crippen LogP contribution >= 0.6 is 11.8 Å². The molecule has 16 heavy (non-hydrogen) atoms. The first-order valence-electron chi connectivity index (χ1n) is 6.20. The Morgan fingerprint density at radius 1 is 1.44 bits per heavy atom. The molecule has 0 aliphatic carbocycles. The Morgan fingerprint density at radius 3 is 3.06 bits per heavy atom. The fourth-order valence-corrected chi connectivity index (χ4v) is 3.17. The molecule has 0 fully saturated rings. The maximum Gasteiger partial charge on any atom is 0.0415 e. The van der Waals surface area contributed by atoms with E-state index in [4.69, 9.17) is 0 Å². The molecule has 2 rings (SSSR count). The van der Waals surface area contributed by atoms with Gasteiger partial charge in [0.15, 0.2) is 0 Å². The lowest BCUT2D eigenvalue weighted by atomic mass is 10.0. The second kappa shape index (κ2) is 5.74. The van der Waals surface area contributed by atoms with Crippen molar-refractivity contribution in [3.8, 4) is 0 Å². The first kappa shape index (κ1) is 12.0. The van der Waals surface area contributed by atoms with E-state index in [9.17, 15) is 0 Å². The Kier molecular flexibility index (Phi) is 4.30. The summed E-state index contributed by atoms with van der Waals surface area (Å²) < 4.78 is 0. The summed E-state index contributed by atoms with van der Waals surface area (Å²) in [6, 6.07) is 9.41. The Hall–Kier alpha value is -0.470. The van der Waals surface area contributed by atoms with Crippen molar-refractivity contribution in [1.29, 1.82) is 0 Å². The zero-order valence-electron chi connectivity index (χ0n) is 10.2. The van der Waals surface area contributed by atoms with E-state index in [1.165, 1.54) is 29.1 Å². The van der Waals surface area contributed by atoms with Crippen molar-refractivity contribution in [3.63, 3.8) is 0 Å². The second-order valence-corrected chi connectivity index (χ2v) is 5.72. The van der Waals surface area contributed by atoms with Gasteiger partial charge in [0.2, 0.25) is 0 Å². The normalized spacial score (nSPS) is 21.5. The van der Waals surface area contributed by atoms with E-state index < -0.39 is 0 Å². The lowest BCUT2D eigenvalue weighted by molar-refractivity contribution is 0.461. The highest BCUT2D eigenvalue weighted by Crippen LogP contribution is 2.31. The van der Waals surface area contributed by atoms with Crippen LogP contribution in [-0.4, -0.2) is 12.3 Å². The molecule has 1 aliphatic rings. The minimum atomic E-state index is 0.559. The van der Waals surface area contributed by atoms with Crippen molar-refractivity contribution in [2.75, 3.05) is 12.3 Å². The van der Waals surface area contributed by atoms with Crippen LogP contribution in [0.2, 0.25) is 0 Å². The number of thioether (sulfide) groups is 1. The topological polar surface area (TPSA) is 12.0 Å². The largest absolute Gasteiger partial charge is 0.309 e. The predicted molar refractivity (Wildman–Crippen MR) is 72.8 cm³/mol. The molecule has 0 bridgehead atoms. The standard InChI is InChI=1S/C14H21NS/c1-3-11(2)8-15-14-10-16-9-12-6-4-5-7-13(12)14/h4-7,11,14-15H,3,8-10H2,1-2H3. The molecule has 1 aromatic rings. The van der Waals surface area contributed by atoms with Crippen molar-refractivity contribution in [2.24, 2.45) is 5.92 Å². The lowest BCUT2D eigenvalue weighted by Crippen LogP contribution is -2.30. The Morgan fingerprint density at radius 2 is 2.25 bits per heavy atom. The molecule has 1 aliphatic heterocycles. The summed E-state index contributed by atoms with van der Waals surface area (Å²) in [5, 5.41) is 3.71. The average Bonchev–Trinajstić information content (AvgIpc) is 2.35. The van der Waals surface area contributed by atoms with Gasteiger partial charge in [-0.3, -0.25) is 0 Å². The van der Waals surface area contributed by atoms with Crippen LogP contribution in [0.1, 0.15) is 37.4 Å². The molecule has 0 saturated carbocycles. The van der Waals surface area contributed by atoms with Crippen LogP contribution in [0.25, 0.3) is 0 Å². The van der Waals surface area contributed by atoms with Crippen LogP contribution in [0, 0.1) is 5.92 Å². The first-order chi connectivity index (χ1) is 7.81. The summed E-state index contributed by atoms with van der Waals surface area (Å²) in [7, 11) is 0. The van der Waals surface area contributed by atoms with Crippen LogP contribution in [0.5, 0.6) is 0 Å². The van der Waals surface area contributed by atoms with Crippen LogP contribution in [-0.2, 0) is 5.75 Å². The minimum absolute atomic E-state index is 0.559. The van der Waals surface area contributed by atoms with Gasteiger partial charge in [-0.05, 0) is 23.6 Å². The zero-order valence-corrected chi connectivity index (χ0v) is 11.0. The molecule has 88 valence electrons. The van der Waals surface area contributed by atoms with Gasteiger partial charge in [-0.1, -0.05) is 44.5 Å².